The second kappa shape index (κ2) is 18.2. The summed E-state index contributed by atoms with van der Waals surface area (Å²) in [5, 5.41) is 6.21. The predicted octanol–water partition coefficient (Wildman–Crippen LogP) is 20.6. The molecule has 416 valence electrons. The van der Waals surface area contributed by atoms with Gasteiger partial charge >= 0.3 is 0 Å². The summed E-state index contributed by atoms with van der Waals surface area (Å²) in [6.07, 6.45) is 0. The zero-order chi connectivity index (χ0) is 58.1. The molecule has 0 N–H and O–H groups in total. The molecule has 2 aliphatic rings. The smallest absolute Gasteiger partial charge is 0.262 e. The molecule has 15 aromatic rings. The van der Waals surface area contributed by atoms with E-state index in [1.54, 1.807) is 0 Å². The van der Waals surface area contributed by atoms with E-state index in [2.05, 4.69) is 223 Å². The molecule has 0 bridgehead atoms. The lowest BCUT2D eigenvalue weighted by Gasteiger charge is -2.41. The van der Waals surface area contributed by atoms with Gasteiger partial charge in [-0.25, -0.2) is 0 Å². The van der Waals surface area contributed by atoms with Gasteiger partial charge in [0, 0.05) is 76.9 Å². The summed E-state index contributed by atoms with van der Waals surface area (Å²) in [5.74, 6) is 4.59. The van der Waals surface area contributed by atoms with Crippen molar-refractivity contribution in [2.45, 2.75) is 72.1 Å². The Morgan fingerprint density at radius 3 is 0.988 bits per heavy atom. The first-order chi connectivity index (χ1) is 41.6. The minimum Gasteiger partial charge on any atom is -0.456 e. The number of para-hydroxylation sites is 4. The van der Waals surface area contributed by atoms with Gasteiger partial charge in [-0.2, -0.15) is 0 Å². The second-order valence-corrected chi connectivity index (χ2v) is 25.9. The molecule has 0 atom stereocenters. The lowest BCUT2D eigenvalue weighted by Crippen LogP contribution is -2.60. The third-order valence-corrected chi connectivity index (χ3v) is 17.9. The first-order valence-electron chi connectivity index (χ1n) is 29.8. The van der Waals surface area contributed by atoms with Crippen LogP contribution in [0.5, 0.6) is 0 Å². The largest absolute Gasteiger partial charge is 0.456 e. The van der Waals surface area contributed by atoms with E-state index in [4.69, 9.17) is 26.5 Å². The van der Waals surface area contributed by atoms with Crippen LogP contribution in [0.4, 0.5) is 34.5 Å². The van der Waals surface area contributed by atoms with Crippen molar-refractivity contribution >= 4 is 123 Å². The van der Waals surface area contributed by atoms with Crippen molar-refractivity contribution in [2.75, 3.05) is 9.80 Å². The van der Waals surface area contributed by atoms with Crippen LogP contribution >= 0.6 is 0 Å². The third-order valence-electron chi connectivity index (χ3n) is 17.9. The molecule has 2 aliphatic heterocycles. The number of anilines is 6. The van der Waals surface area contributed by atoms with Crippen molar-refractivity contribution < 1.29 is 26.5 Å². The molecule has 9 heteroatoms. The van der Waals surface area contributed by atoms with E-state index < -0.39 is 0 Å². The maximum atomic E-state index is 7.55. The zero-order valence-electron chi connectivity index (χ0n) is 49.1. The van der Waals surface area contributed by atoms with Gasteiger partial charge in [-0.15, -0.1) is 0 Å². The average Bonchev–Trinajstić information content (AvgIpc) is 1.39. The molecule has 86 heavy (non-hydrogen) atoms. The highest BCUT2D eigenvalue weighted by Crippen LogP contribution is 2.52. The topological polar surface area (TPSA) is 85.3 Å². The molecule has 8 nitrogen and oxygen atoms in total. The Morgan fingerprint density at radius 1 is 0.337 bits per heavy atom. The molecule has 0 unspecified atom stereocenters. The van der Waals surface area contributed by atoms with Gasteiger partial charge in [-0.1, -0.05) is 140 Å². The number of benzene rings is 9. The van der Waals surface area contributed by atoms with Gasteiger partial charge in [-0.05, 0) is 160 Å². The highest BCUT2D eigenvalue weighted by molar-refractivity contribution is 7.02. The van der Waals surface area contributed by atoms with Gasteiger partial charge in [0.15, 0.2) is 0 Å². The van der Waals surface area contributed by atoms with Crippen LogP contribution in [0.25, 0.3) is 111 Å². The van der Waals surface area contributed by atoms with Gasteiger partial charge in [0.1, 0.15) is 56.5 Å². The molecule has 0 saturated heterocycles. The van der Waals surface area contributed by atoms with Gasteiger partial charge in [0.05, 0.1) is 11.4 Å². The number of hydrogen-bond donors (Lipinski definition) is 0. The summed E-state index contributed by atoms with van der Waals surface area (Å²) in [5.41, 5.74) is 18.8. The number of furan rings is 6. The van der Waals surface area contributed by atoms with E-state index in [9.17, 15) is 0 Å². The first kappa shape index (κ1) is 50.4. The minimum atomic E-state index is -0.353. The molecule has 0 fully saturated rings. The fourth-order valence-corrected chi connectivity index (χ4v) is 13.4. The molecule has 8 heterocycles. The fourth-order valence-electron chi connectivity index (χ4n) is 13.4. The van der Waals surface area contributed by atoms with E-state index in [1.165, 1.54) is 11.1 Å². The van der Waals surface area contributed by atoms with Gasteiger partial charge in [-0.3, -0.25) is 9.80 Å². The molecule has 9 aromatic carbocycles. The minimum absolute atomic E-state index is 0.109. The summed E-state index contributed by atoms with van der Waals surface area (Å²) in [4.78, 5) is 4.75. The Bertz CT molecular complexity index is 4650. The van der Waals surface area contributed by atoms with E-state index in [0.29, 0.717) is 0 Å². The van der Waals surface area contributed by atoms with Crippen LogP contribution in [-0.4, -0.2) is 6.71 Å². The highest BCUT2D eigenvalue weighted by Gasteiger charge is 2.49. The van der Waals surface area contributed by atoms with E-state index in [-0.39, 0.29) is 23.5 Å². The Labute approximate surface area is 497 Å². The summed E-state index contributed by atoms with van der Waals surface area (Å²) in [7, 11) is 0. The summed E-state index contributed by atoms with van der Waals surface area (Å²) < 4.78 is 42.2. The summed E-state index contributed by atoms with van der Waals surface area (Å²) in [6, 6.07) is 73.1. The molecular weight excluding hydrogens is 1060 g/mol. The lowest BCUT2D eigenvalue weighted by molar-refractivity contribution is 0.589. The fraction of sp³-hybridized carbons (Fsp3) is 0.143. The molecule has 0 radical (unpaired) electrons. The predicted molar refractivity (Wildman–Crippen MR) is 352 cm³/mol. The second-order valence-electron chi connectivity index (χ2n) is 25.9. The summed E-state index contributed by atoms with van der Waals surface area (Å²) >= 11 is 0. The van der Waals surface area contributed by atoms with Crippen molar-refractivity contribution in [1.29, 1.82) is 0 Å². The van der Waals surface area contributed by atoms with Gasteiger partial charge < -0.3 is 26.5 Å². The number of nitrogens with zero attached hydrogens (tertiary/aromatic N) is 2. The molecule has 6 aromatic heterocycles. The molecule has 0 spiro atoms. The van der Waals surface area contributed by atoms with Crippen LogP contribution in [0.3, 0.4) is 0 Å². The summed E-state index contributed by atoms with van der Waals surface area (Å²) in [6.45, 7) is 17.9. The normalized spacial score (nSPS) is 13.4. The number of rotatable bonds is 7. The number of hydrogen-bond acceptors (Lipinski definition) is 8. The quantitative estimate of drug-likeness (QED) is 0.146. The maximum Gasteiger partial charge on any atom is 0.262 e. The van der Waals surface area contributed by atoms with Crippen molar-refractivity contribution in [3.8, 4) is 45.3 Å². The van der Waals surface area contributed by atoms with Gasteiger partial charge in [0.2, 0.25) is 11.8 Å². The standard InChI is InChI=1S/C77H59BN2O6/c1-43(2)48-35-59-73-60(36-48)80(56-33-51(69-39-46-19-11-15-23-63(46)83-69)30-52(34-56)70-40-47-20-12-16-24-64(47)84-70)75-72(58-42-54(77(6,7)8)26-28-66(58)86-75)78(73)71-57-41-53(76(3,4)5)25-27-65(57)85-74(71)79(59)55-31-49(67-37-44-17-9-13-21-61(44)81-67)29-50(32-55)68-38-45-18-10-14-22-62(45)82-68/h9-43H,1-8H3. The first-order valence-corrected chi connectivity index (χ1v) is 29.8. The third kappa shape index (κ3) is 7.83. The van der Waals surface area contributed by atoms with Gasteiger partial charge in [0.25, 0.3) is 6.71 Å². The Kier molecular flexibility index (Phi) is 10.7. The molecule has 17 rings (SSSR count). The maximum absolute atomic E-state index is 7.55. The Balaban J connectivity index is 1.00. The zero-order valence-corrected chi connectivity index (χ0v) is 49.1. The van der Waals surface area contributed by atoms with E-state index >= 15 is 0 Å². The molecule has 0 amide bonds. The van der Waals surface area contributed by atoms with E-state index in [1.807, 2.05) is 48.5 Å². The van der Waals surface area contributed by atoms with Crippen molar-refractivity contribution in [3.63, 3.8) is 0 Å². The van der Waals surface area contributed by atoms with Crippen LogP contribution < -0.4 is 26.2 Å². The number of fused-ring (bicyclic) bond motifs is 12. The van der Waals surface area contributed by atoms with Crippen molar-refractivity contribution in [3.05, 3.63) is 223 Å². The Morgan fingerprint density at radius 2 is 0.674 bits per heavy atom. The SMILES string of the molecule is CC(C)c1cc2c3c(c1)N(c1cc(-c4cc5ccccc5o4)cc(-c4cc5ccccc5o4)c1)c1oc4ccc(C(C)(C)C)cc4c1B3c1c(oc3ccc(C(C)(C)C)cc13)N2c1cc(-c2cc3ccccc3o2)cc(-c2cc3ccccc3o2)c1. The van der Waals surface area contributed by atoms with Crippen molar-refractivity contribution in [1.82, 2.24) is 0 Å². The van der Waals surface area contributed by atoms with Crippen molar-refractivity contribution in [2.24, 2.45) is 0 Å². The van der Waals surface area contributed by atoms with Crippen LogP contribution in [-0.2, 0) is 10.8 Å². The van der Waals surface area contributed by atoms with Crippen LogP contribution in [0, 0.1) is 0 Å². The van der Waals surface area contributed by atoms with Crippen LogP contribution in [0.1, 0.15) is 78.0 Å². The van der Waals surface area contributed by atoms with Crippen LogP contribution in [0.15, 0.2) is 233 Å². The molecule has 0 aliphatic carbocycles. The Hall–Kier alpha value is -10.1. The van der Waals surface area contributed by atoms with Crippen LogP contribution in [0.2, 0.25) is 0 Å². The van der Waals surface area contributed by atoms with E-state index in [0.717, 1.165) is 168 Å². The molecular formula is C77H59BN2O6. The average molecular weight is 1120 g/mol. The monoisotopic (exact) mass is 1120 g/mol. The highest BCUT2D eigenvalue weighted by atomic mass is 16.4. The lowest BCUT2D eigenvalue weighted by atomic mass is 9.33. The molecule has 0 saturated carbocycles.